The smallest absolute Gasteiger partial charge is 0.387 e. The van der Waals surface area contributed by atoms with Gasteiger partial charge in [-0.1, -0.05) is 43.5 Å². The van der Waals surface area contributed by atoms with Gasteiger partial charge in [0.2, 0.25) is 0 Å². The molecule has 2 heterocycles. The highest BCUT2D eigenvalue weighted by atomic mass is 32.2. The van der Waals surface area contributed by atoms with Crippen molar-refractivity contribution >= 4 is 15.4 Å². The average Bonchev–Trinajstić information content (AvgIpc) is 3.22. The second kappa shape index (κ2) is 10.2. The van der Waals surface area contributed by atoms with Crippen LogP contribution in [0.2, 0.25) is 0 Å². The van der Waals surface area contributed by atoms with Gasteiger partial charge in [0.15, 0.2) is 14.9 Å². The van der Waals surface area contributed by atoms with Crippen LogP contribution in [0, 0.1) is 0 Å². The minimum Gasteiger partial charge on any atom is -0.435 e. The van der Waals surface area contributed by atoms with E-state index in [-0.39, 0.29) is 22.8 Å². The number of ether oxygens (including phenoxy) is 2. The first kappa shape index (κ1) is 25.5. The van der Waals surface area contributed by atoms with Crippen LogP contribution in [0.3, 0.4) is 0 Å². The number of hydrogen-bond donors (Lipinski definition) is 0. The molecule has 4 rings (SSSR count). The average molecular weight is 513 g/mol. The van der Waals surface area contributed by atoms with Crippen LogP contribution in [0.15, 0.2) is 102 Å². The number of sulfone groups is 1. The zero-order valence-corrected chi connectivity index (χ0v) is 20.7. The molecule has 1 aromatic carbocycles. The van der Waals surface area contributed by atoms with E-state index in [1.165, 1.54) is 18.3 Å². The molecule has 9 heteroatoms. The van der Waals surface area contributed by atoms with E-state index in [1.807, 2.05) is 23.3 Å². The Kier molecular flexibility index (Phi) is 7.23. The first-order chi connectivity index (χ1) is 17.1. The molecule has 188 valence electrons. The van der Waals surface area contributed by atoms with E-state index < -0.39 is 16.4 Å². The lowest BCUT2D eigenvalue weighted by atomic mass is 9.93. The maximum absolute atomic E-state index is 13.2. The third kappa shape index (κ3) is 5.03. The molecular weight excluding hydrogens is 486 g/mol. The molecule has 2 aromatic rings. The van der Waals surface area contributed by atoms with Gasteiger partial charge in [-0.3, -0.25) is 0 Å². The van der Waals surface area contributed by atoms with E-state index in [2.05, 4.69) is 18.1 Å². The van der Waals surface area contributed by atoms with Crippen LogP contribution in [-0.2, 0) is 14.6 Å². The number of para-hydroxylation sites is 1. The molecule has 6 nitrogen and oxygen atoms in total. The fraction of sp³-hybridized carbons (Fsp3) is 0.222. The summed E-state index contributed by atoms with van der Waals surface area (Å²) >= 11 is 0. The SMILES string of the molecule is C=CC1=C(N2C=C(c3ccc(S(C)(=O)=O)nc3)C=CC2=C)C(c2ccccc2OC(F)F)CC1OC. The van der Waals surface area contributed by atoms with Crippen LogP contribution in [-0.4, -0.2) is 44.4 Å². The standard InChI is InChI=1S/C27H26F2N2O4S/c1-5-20-24(34-3)14-22(21-8-6-7-9-23(21)35-27(28)29)26(20)31-16-19(11-10-17(31)2)18-12-13-25(30-15-18)36(4,32)33/h5-13,15-16,22,24,27H,1-2,14H2,3-4H3. The molecule has 0 amide bonds. The predicted molar refractivity (Wildman–Crippen MR) is 134 cm³/mol. The Hall–Kier alpha value is -3.56. The van der Waals surface area contributed by atoms with Gasteiger partial charge in [-0.15, -0.1) is 0 Å². The first-order valence-corrected chi connectivity index (χ1v) is 13.0. The zero-order valence-electron chi connectivity index (χ0n) is 19.9. The van der Waals surface area contributed by atoms with E-state index in [0.717, 1.165) is 23.1 Å². The highest BCUT2D eigenvalue weighted by Gasteiger charge is 2.38. The van der Waals surface area contributed by atoms with Crippen LogP contribution < -0.4 is 4.74 Å². The largest absolute Gasteiger partial charge is 0.435 e. The Morgan fingerprint density at radius 3 is 2.56 bits per heavy atom. The Labute approximate surface area is 209 Å². The lowest BCUT2D eigenvalue weighted by molar-refractivity contribution is -0.0506. The van der Waals surface area contributed by atoms with Gasteiger partial charge >= 0.3 is 6.61 Å². The number of halogens is 2. The molecule has 0 fully saturated rings. The topological polar surface area (TPSA) is 68.7 Å². The predicted octanol–water partition coefficient (Wildman–Crippen LogP) is 5.46. The van der Waals surface area contributed by atoms with Crippen LogP contribution in [0.25, 0.3) is 5.57 Å². The van der Waals surface area contributed by atoms with Gasteiger partial charge in [-0.05, 0) is 36.3 Å². The zero-order chi connectivity index (χ0) is 26.0. The maximum atomic E-state index is 13.2. The van der Waals surface area contributed by atoms with Crippen molar-refractivity contribution in [3.63, 3.8) is 0 Å². The molecule has 0 radical (unpaired) electrons. The van der Waals surface area contributed by atoms with Gasteiger partial charge in [0, 0.05) is 59.8 Å². The number of benzene rings is 1. The Balaban J connectivity index is 1.81. The normalized spacial score (nSPS) is 20.2. The lowest BCUT2D eigenvalue weighted by Gasteiger charge is -2.31. The van der Waals surface area contributed by atoms with Crippen molar-refractivity contribution in [1.29, 1.82) is 0 Å². The quantitative estimate of drug-likeness (QED) is 0.468. The van der Waals surface area contributed by atoms with Crippen LogP contribution in [0.1, 0.15) is 23.5 Å². The molecule has 2 atom stereocenters. The van der Waals surface area contributed by atoms with Crippen LogP contribution in [0.5, 0.6) is 5.75 Å². The summed E-state index contributed by atoms with van der Waals surface area (Å²) in [5.74, 6) is -0.248. The van der Waals surface area contributed by atoms with Crippen molar-refractivity contribution in [3.05, 3.63) is 108 Å². The van der Waals surface area contributed by atoms with Crippen molar-refractivity contribution in [2.24, 2.45) is 0 Å². The summed E-state index contributed by atoms with van der Waals surface area (Å²) in [5, 5.41) is -0.0148. The summed E-state index contributed by atoms with van der Waals surface area (Å²) in [4.78, 5) is 5.97. The van der Waals surface area contributed by atoms with Crippen molar-refractivity contribution in [3.8, 4) is 5.75 Å². The number of methoxy groups -OCH3 is 1. The molecular formula is C27H26F2N2O4S. The molecule has 0 spiro atoms. The first-order valence-electron chi connectivity index (χ1n) is 11.1. The molecule has 1 aliphatic carbocycles. The number of alkyl halides is 2. The number of nitrogens with zero attached hydrogens (tertiary/aromatic N) is 2. The van der Waals surface area contributed by atoms with E-state index >= 15 is 0 Å². The molecule has 0 N–H and O–H groups in total. The van der Waals surface area contributed by atoms with Crippen molar-refractivity contribution in [2.45, 2.75) is 30.1 Å². The number of allylic oxidation sites excluding steroid dienone is 4. The van der Waals surface area contributed by atoms with Crippen molar-refractivity contribution in [2.75, 3.05) is 13.4 Å². The molecule has 1 aliphatic heterocycles. The number of rotatable bonds is 8. The molecule has 0 bridgehead atoms. The highest BCUT2D eigenvalue weighted by molar-refractivity contribution is 7.90. The second-order valence-corrected chi connectivity index (χ2v) is 10.4. The molecule has 0 saturated carbocycles. The van der Waals surface area contributed by atoms with Gasteiger partial charge in [-0.25, -0.2) is 13.4 Å². The molecule has 2 aliphatic rings. The van der Waals surface area contributed by atoms with Crippen LogP contribution >= 0.6 is 0 Å². The lowest BCUT2D eigenvalue weighted by Crippen LogP contribution is -2.21. The third-order valence-corrected chi connectivity index (χ3v) is 7.18. The summed E-state index contributed by atoms with van der Waals surface area (Å²) < 4.78 is 60.5. The van der Waals surface area contributed by atoms with Gasteiger partial charge < -0.3 is 14.4 Å². The molecule has 2 unspecified atom stereocenters. The third-order valence-electron chi connectivity index (χ3n) is 6.18. The fourth-order valence-electron chi connectivity index (χ4n) is 4.53. The summed E-state index contributed by atoms with van der Waals surface area (Å²) in [7, 11) is -1.83. The number of hydrogen-bond acceptors (Lipinski definition) is 6. The highest BCUT2D eigenvalue weighted by Crippen LogP contribution is 2.48. The van der Waals surface area contributed by atoms with Gasteiger partial charge in [0.25, 0.3) is 0 Å². The Morgan fingerprint density at radius 2 is 1.94 bits per heavy atom. The minimum absolute atomic E-state index is 0.0148. The van der Waals surface area contributed by atoms with Gasteiger partial charge in [-0.2, -0.15) is 8.78 Å². The Morgan fingerprint density at radius 1 is 1.19 bits per heavy atom. The maximum Gasteiger partial charge on any atom is 0.387 e. The van der Waals surface area contributed by atoms with E-state index in [4.69, 9.17) is 9.47 Å². The summed E-state index contributed by atoms with van der Waals surface area (Å²) in [6, 6.07) is 9.86. The monoisotopic (exact) mass is 512 g/mol. The van der Waals surface area contributed by atoms with Crippen LogP contribution in [0.4, 0.5) is 8.78 Å². The summed E-state index contributed by atoms with van der Waals surface area (Å²) in [6.45, 7) is 5.18. The van der Waals surface area contributed by atoms with E-state index in [1.54, 1.807) is 37.5 Å². The molecule has 1 aromatic heterocycles. The summed E-state index contributed by atoms with van der Waals surface area (Å²) in [6.07, 6.45) is 10.0. The second-order valence-electron chi connectivity index (χ2n) is 8.41. The van der Waals surface area contributed by atoms with Crippen molar-refractivity contribution in [1.82, 2.24) is 9.88 Å². The summed E-state index contributed by atoms with van der Waals surface area (Å²) in [5.41, 5.74) is 4.33. The number of pyridine rings is 1. The minimum atomic E-state index is -3.42. The Bertz CT molecular complexity index is 1380. The van der Waals surface area contributed by atoms with E-state index in [0.29, 0.717) is 23.2 Å². The number of aromatic nitrogens is 1. The molecule has 36 heavy (non-hydrogen) atoms. The van der Waals surface area contributed by atoms with Gasteiger partial charge in [0.05, 0.1) is 6.10 Å². The van der Waals surface area contributed by atoms with Crippen molar-refractivity contribution < 1.29 is 26.7 Å². The van der Waals surface area contributed by atoms with Gasteiger partial charge in [0.1, 0.15) is 5.75 Å². The van der Waals surface area contributed by atoms with E-state index in [9.17, 15) is 17.2 Å². The fourth-order valence-corrected chi connectivity index (χ4v) is 5.09. The molecule has 0 saturated heterocycles.